The Morgan fingerprint density at radius 1 is 1.00 bits per heavy atom. The highest BCUT2D eigenvalue weighted by atomic mass is 35.7. The lowest BCUT2D eigenvalue weighted by Gasteiger charge is -2.31. The van der Waals surface area contributed by atoms with Gasteiger partial charge in [-0.1, -0.05) is 42.0 Å². The van der Waals surface area contributed by atoms with Crippen LogP contribution in [0.5, 0.6) is 5.75 Å². The van der Waals surface area contributed by atoms with Crippen molar-refractivity contribution in [2.24, 2.45) is 0 Å². The summed E-state index contributed by atoms with van der Waals surface area (Å²) >= 11 is 0. The number of alkyl halides is 3. The van der Waals surface area contributed by atoms with Gasteiger partial charge in [-0.3, -0.25) is 9.19 Å². The number of aromatic amines is 1. The lowest BCUT2D eigenvalue weighted by Crippen LogP contribution is -2.35. The predicted octanol–water partition coefficient (Wildman–Crippen LogP) is 7.20. The monoisotopic (exact) mass is 759 g/mol. The molecule has 49 heavy (non-hydrogen) atoms. The standard InChI is InChI=1S/C16H19ClO5S2.C16H14F3N3O2S/c1-13-7-9-16(10-8-13)24(20,21,22)11-3-5-14-4-2-6-15(12-14)23(17,18)19;1-10-13(20-7-6-14(10)24-9-16(17,18)19)8-25(23)15-21-11-4-2-3-5-12(11)22-15/h2,4,6-10,12H,3,5,11H2,1H3,(H2,20,21,22);2-7H,8-9H2,1H3,(H,21,22). The van der Waals surface area contributed by atoms with Crippen LogP contribution in [0.2, 0.25) is 0 Å². The zero-order chi connectivity index (χ0) is 36.1. The molecule has 0 spiro atoms. The average Bonchev–Trinajstić information content (AvgIpc) is 3.46. The van der Waals surface area contributed by atoms with Crippen molar-refractivity contribution in [2.75, 3.05) is 12.4 Å². The minimum absolute atomic E-state index is 0.0188. The summed E-state index contributed by atoms with van der Waals surface area (Å²) in [5.41, 5.74) is 3.86. The van der Waals surface area contributed by atoms with Crippen LogP contribution in [0.3, 0.4) is 0 Å². The van der Waals surface area contributed by atoms with Gasteiger partial charge in [0.15, 0.2) is 11.8 Å². The van der Waals surface area contributed by atoms with E-state index in [1.165, 1.54) is 36.5 Å². The number of hydrogen-bond acceptors (Lipinski definition) is 7. The van der Waals surface area contributed by atoms with Crippen molar-refractivity contribution in [3.8, 4) is 5.75 Å². The van der Waals surface area contributed by atoms with Gasteiger partial charge in [-0.25, -0.2) is 17.6 Å². The molecule has 0 saturated heterocycles. The Labute approximate surface area is 288 Å². The van der Waals surface area contributed by atoms with Gasteiger partial charge < -0.3 is 18.8 Å². The molecule has 1 unspecified atom stereocenters. The first-order valence-electron chi connectivity index (χ1n) is 14.5. The van der Waals surface area contributed by atoms with E-state index in [0.29, 0.717) is 33.9 Å². The summed E-state index contributed by atoms with van der Waals surface area (Å²) < 4.78 is 110. The normalized spacial score (nSPS) is 13.6. The van der Waals surface area contributed by atoms with Crippen molar-refractivity contribution in [1.82, 2.24) is 15.0 Å². The summed E-state index contributed by atoms with van der Waals surface area (Å²) in [4.78, 5) is 11.3. The van der Waals surface area contributed by atoms with Gasteiger partial charge in [-0.2, -0.15) is 13.2 Å². The van der Waals surface area contributed by atoms with E-state index in [1.54, 1.807) is 37.3 Å². The first-order chi connectivity index (χ1) is 22.8. The number of halogens is 4. The number of aromatic nitrogens is 3. The number of hydrogen-bond donors (Lipinski definition) is 3. The van der Waals surface area contributed by atoms with Crippen molar-refractivity contribution in [3.05, 3.63) is 107 Å². The second-order valence-corrected chi connectivity index (χ2v) is 17.9. The van der Waals surface area contributed by atoms with Gasteiger partial charge in [-0.15, -0.1) is 0 Å². The number of pyridine rings is 1. The highest BCUT2D eigenvalue weighted by Gasteiger charge is 2.32. The molecule has 0 aliphatic carbocycles. The van der Waals surface area contributed by atoms with Gasteiger partial charge in [0, 0.05) is 22.4 Å². The molecule has 0 radical (unpaired) electrons. The number of benzene rings is 3. The molecule has 3 aromatic carbocycles. The summed E-state index contributed by atoms with van der Waals surface area (Å²) in [6.45, 7) is 2.04. The topological polar surface area (TPSA) is 160 Å². The largest absolute Gasteiger partial charge is 0.484 e. The van der Waals surface area contributed by atoms with E-state index in [1.807, 2.05) is 25.1 Å². The third-order valence-electron chi connectivity index (χ3n) is 7.15. The Morgan fingerprint density at radius 3 is 2.35 bits per heavy atom. The lowest BCUT2D eigenvalue weighted by atomic mass is 10.1. The fraction of sp³-hybridized carbons (Fsp3) is 0.250. The number of nitrogens with zero attached hydrogens (tertiary/aromatic N) is 2. The van der Waals surface area contributed by atoms with Crippen molar-refractivity contribution in [1.29, 1.82) is 0 Å². The van der Waals surface area contributed by atoms with Crippen molar-refractivity contribution < 1.29 is 43.8 Å². The number of nitrogens with one attached hydrogen (secondary N) is 1. The minimum Gasteiger partial charge on any atom is -0.484 e. The molecule has 3 N–H and O–H groups in total. The van der Waals surface area contributed by atoms with Crippen LogP contribution < -0.4 is 4.74 Å². The van der Waals surface area contributed by atoms with Crippen LogP contribution in [0, 0.1) is 13.8 Å². The molecule has 1 atom stereocenters. The first-order valence-corrected chi connectivity index (χ1v) is 20.2. The molecule has 5 rings (SSSR count). The molecule has 5 aromatic rings. The van der Waals surface area contributed by atoms with E-state index in [9.17, 15) is 39.1 Å². The summed E-state index contributed by atoms with van der Waals surface area (Å²) in [5.74, 6) is -0.239. The molecule has 2 heterocycles. The van der Waals surface area contributed by atoms with Crippen molar-refractivity contribution in [2.45, 2.75) is 53.6 Å². The molecule has 2 aromatic heterocycles. The Morgan fingerprint density at radius 2 is 1.69 bits per heavy atom. The van der Waals surface area contributed by atoms with Crippen LogP contribution in [0.4, 0.5) is 13.2 Å². The Hall–Kier alpha value is -3.67. The number of ether oxygens (including phenoxy) is 1. The molecule has 0 saturated carbocycles. The van der Waals surface area contributed by atoms with Gasteiger partial charge >= 0.3 is 6.18 Å². The van der Waals surface area contributed by atoms with Gasteiger partial charge in [0.05, 0.1) is 48.8 Å². The van der Waals surface area contributed by atoms with Crippen LogP contribution in [-0.4, -0.2) is 59.4 Å². The van der Waals surface area contributed by atoms with Gasteiger partial charge in [0.2, 0.25) is 0 Å². The number of fused-ring (bicyclic) bond motifs is 1. The molecule has 0 aliphatic heterocycles. The molecule has 10 nitrogen and oxygen atoms in total. The molecular weight excluding hydrogens is 727 g/mol. The van der Waals surface area contributed by atoms with E-state index >= 15 is 0 Å². The third kappa shape index (κ3) is 10.9. The Balaban J connectivity index is 0.000000221. The maximum atomic E-state index is 12.5. The van der Waals surface area contributed by atoms with Crippen LogP contribution >= 0.6 is 10.7 Å². The Bertz CT molecular complexity index is 2100. The van der Waals surface area contributed by atoms with Crippen LogP contribution in [0.25, 0.3) is 11.0 Å². The second-order valence-electron chi connectivity index (χ2n) is 11.1. The molecule has 264 valence electrons. The van der Waals surface area contributed by atoms with E-state index in [-0.39, 0.29) is 33.5 Å². The number of H-pyrrole nitrogens is 1. The number of aryl methyl sites for hydroxylation is 2. The minimum atomic E-state index is -4.91. The smallest absolute Gasteiger partial charge is 0.422 e. The summed E-state index contributed by atoms with van der Waals surface area (Å²) in [7, 11) is -4.94. The first kappa shape index (κ1) is 38.1. The maximum Gasteiger partial charge on any atom is 0.422 e. The molecule has 17 heteroatoms. The van der Waals surface area contributed by atoms with E-state index in [0.717, 1.165) is 11.1 Å². The van der Waals surface area contributed by atoms with E-state index in [4.69, 9.17) is 15.4 Å². The van der Waals surface area contributed by atoms with Crippen molar-refractivity contribution >= 4 is 51.2 Å². The average molecular weight is 760 g/mol. The van der Waals surface area contributed by atoms with Gasteiger partial charge in [-0.05, 0) is 74.7 Å². The van der Waals surface area contributed by atoms with E-state index < -0.39 is 42.3 Å². The number of para-hydroxylation sites is 2. The quantitative estimate of drug-likeness (QED) is 0.118. The van der Waals surface area contributed by atoms with Gasteiger partial charge in [0.1, 0.15) is 15.4 Å². The molecule has 0 amide bonds. The SMILES string of the molecule is Cc1c(OCC(F)(F)F)ccnc1CS(=O)c1nc2ccccc2[nH]1.Cc1ccc(S(=O)(O)(O)CCCc2cccc(S(=O)(=O)Cl)c2)cc1. The van der Waals surface area contributed by atoms with Crippen LogP contribution in [-0.2, 0) is 41.7 Å². The molecular formula is C32H33ClF3N3O7S3. The van der Waals surface area contributed by atoms with Crippen LogP contribution in [0.15, 0.2) is 100 Å². The summed E-state index contributed by atoms with van der Waals surface area (Å²) in [6, 6.07) is 20.9. The zero-order valence-corrected chi connectivity index (χ0v) is 29.4. The summed E-state index contributed by atoms with van der Waals surface area (Å²) in [5, 5.41) is 0.295. The highest BCUT2D eigenvalue weighted by Crippen LogP contribution is 2.31. The highest BCUT2D eigenvalue weighted by molar-refractivity contribution is 8.13. The van der Waals surface area contributed by atoms with Gasteiger partial charge in [0.25, 0.3) is 9.05 Å². The summed E-state index contributed by atoms with van der Waals surface area (Å²) in [6.07, 6.45) is -2.54. The zero-order valence-electron chi connectivity index (χ0n) is 26.2. The fourth-order valence-electron chi connectivity index (χ4n) is 4.57. The fourth-order valence-corrected chi connectivity index (χ4v) is 8.07. The van der Waals surface area contributed by atoms with Crippen molar-refractivity contribution in [3.63, 3.8) is 0 Å². The molecule has 0 fully saturated rings. The van der Waals surface area contributed by atoms with Crippen LogP contribution in [0.1, 0.15) is 28.8 Å². The Kier molecular flexibility index (Phi) is 11.7. The predicted molar refractivity (Wildman–Crippen MR) is 182 cm³/mol. The molecule has 0 bridgehead atoms. The third-order valence-corrected chi connectivity index (χ3v) is 11.9. The lowest BCUT2D eigenvalue weighted by molar-refractivity contribution is -0.153. The second kappa shape index (κ2) is 15.1. The number of rotatable bonds is 11. The van der Waals surface area contributed by atoms with E-state index in [2.05, 4.69) is 15.0 Å². The maximum absolute atomic E-state index is 12.5. The molecule has 0 aliphatic rings. The number of imidazole rings is 1.